The van der Waals surface area contributed by atoms with E-state index in [1.54, 1.807) is 0 Å². The number of fused-ring (bicyclic) bond motifs is 5. The van der Waals surface area contributed by atoms with Crippen LogP contribution in [-0.2, 0) is 0 Å². The molecule has 45 heavy (non-hydrogen) atoms. The van der Waals surface area contributed by atoms with Crippen molar-refractivity contribution >= 4 is 53.1 Å². The van der Waals surface area contributed by atoms with Crippen molar-refractivity contribution in [2.45, 2.75) is 0 Å². The Morgan fingerprint density at radius 3 is 1.60 bits per heavy atom. The van der Waals surface area contributed by atoms with E-state index in [1.165, 1.54) is 47.5 Å². The lowest BCUT2D eigenvalue weighted by Gasteiger charge is -2.14. The highest BCUT2D eigenvalue weighted by molar-refractivity contribution is 7.25. The third-order valence-electron chi connectivity index (χ3n) is 8.53. The normalized spacial score (nSPS) is 11.6. The van der Waals surface area contributed by atoms with Crippen molar-refractivity contribution in [3.05, 3.63) is 152 Å². The zero-order chi connectivity index (χ0) is 29.7. The van der Waals surface area contributed by atoms with Crippen molar-refractivity contribution in [1.29, 1.82) is 0 Å². The van der Waals surface area contributed by atoms with Gasteiger partial charge in [-0.15, -0.1) is 11.3 Å². The first kappa shape index (κ1) is 25.8. The minimum Gasteiger partial charge on any atom is -0.208 e. The number of hydrogen-bond acceptors (Lipinski definition) is 4. The van der Waals surface area contributed by atoms with E-state index in [4.69, 9.17) is 15.0 Å². The van der Waals surface area contributed by atoms with Crippen LogP contribution >= 0.6 is 11.3 Å². The van der Waals surface area contributed by atoms with Gasteiger partial charge in [0.15, 0.2) is 17.5 Å². The summed E-state index contributed by atoms with van der Waals surface area (Å²) >= 11 is 1.86. The van der Waals surface area contributed by atoms with Crippen LogP contribution in [0.1, 0.15) is 0 Å². The van der Waals surface area contributed by atoms with Crippen molar-refractivity contribution in [2.75, 3.05) is 0 Å². The lowest BCUT2D eigenvalue weighted by molar-refractivity contribution is 1.08. The van der Waals surface area contributed by atoms with Crippen molar-refractivity contribution in [3.8, 4) is 45.3 Å². The van der Waals surface area contributed by atoms with Gasteiger partial charge in [0.2, 0.25) is 0 Å². The monoisotopic (exact) mass is 591 g/mol. The van der Waals surface area contributed by atoms with Crippen molar-refractivity contribution < 1.29 is 0 Å². The fraction of sp³-hybridized carbons (Fsp3) is 0. The second-order valence-electron chi connectivity index (χ2n) is 11.2. The van der Waals surface area contributed by atoms with Gasteiger partial charge in [0.25, 0.3) is 0 Å². The molecule has 0 aliphatic heterocycles. The fourth-order valence-electron chi connectivity index (χ4n) is 6.39. The average molecular weight is 592 g/mol. The van der Waals surface area contributed by atoms with E-state index in [0.29, 0.717) is 17.5 Å². The Hall–Kier alpha value is -5.71. The maximum Gasteiger partial charge on any atom is 0.164 e. The molecule has 7 aromatic carbocycles. The zero-order valence-electron chi connectivity index (χ0n) is 24.2. The first-order valence-electron chi connectivity index (χ1n) is 15.0. The molecule has 0 saturated heterocycles. The largest absolute Gasteiger partial charge is 0.208 e. The Kier molecular flexibility index (Phi) is 6.00. The van der Waals surface area contributed by atoms with Crippen LogP contribution in [0.2, 0.25) is 0 Å². The third kappa shape index (κ3) is 4.38. The zero-order valence-corrected chi connectivity index (χ0v) is 25.0. The van der Waals surface area contributed by atoms with Gasteiger partial charge in [0, 0.05) is 36.9 Å². The molecule has 0 saturated carbocycles. The van der Waals surface area contributed by atoms with Gasteiger partial charge >= 0.3 is 0 Å². The molecule has 2 aromatic heterocycles. The van der Waals surface area contributed by atoms with Crippen LogP contribution in [0.3, 0.4) is 0 Å². The molecule has 9 aromatic rings. The molecule has 0 aliphatic carbocycles. The highest BCUT2D eigenvalue weighted by Gasteiger charge is 2.17. The van der Waals surface area contributed by atoms with Gasteiger partial charge in [-0.1, -0.05) is 127 Å². The molecule has 2 heterocycles. The first-order valence-corrected chi connectivity index (χ1v) is 15.9. The van der Waals surface area contributed by atoms with E-state index in [-0.39, 0.29) is 0 Å². The summed E-state index contributed by atoms with van der Waals surface area (Å²) in [6.07, 6.45) is 0. The number of rotatable bonds is 4. The van der Waals surface area contributed by atoms with Crippen LogP contribution in [0, 0.1) is 0 Å². The standard InChI is InChI=1S/C41H25N3S/c1-3-12-26(13-4-1)39-42-40(27-14-5-2-6-15-27)44-41(43-39)34-23-22-32(29-17-7-8-18-30(29)34)31-20-11-16-28-24-38-36(25-35(28)31)33-19-9-10-21-37(33)45-38/h1-25H. The van der Waals surface area contributed by atoms with Crippen LogP contribution < -0.4 is 0 Å². The van der Waals surface area contributed by atoms with E-state index in [0.717, 1.165) is 22.1 Å². The number of thiophene rings is 1. The van der Waals surface area contributed by atoms with Gasteiger partial charge in [-0.3, -0.25) is 0 Å². The van der Waals surface area contributed by atoms with Crippen LogP contribution in [-0.4, -0.2) is 15.0 Å². The summed E-state index contributed by atoms with van der Waals surface area (Å²) in [7, 11) is 0. The highest BCUT2D eigenvalue weighted by Crippen LogP contribution is 2.42. The minimum absolute atomic E-state index is 0.661. The molecule has 0 atom stereocenters. The van der Waals surface area contributed by atoms with E-state index in [1.807, 2.05) is 72.0 Å². The summed E-state index contributed by atoms with van der Waals surface area (Å²) in [5, 5.41) is 7.40. The van der Waals surface area contributed by atoms with Gasteiger partial charge in [-0.25, -0.2) is 15.0 Å². The fourth-order valence-corrected chi connectivity index (χ4v) is 7.53. The van der Waals surface area contributed by atoms with Gasteiger partial charge in [0.1, 0.15) is 0 Å². The van der Waals surface area contributed by atoms with E-state index >= 15 is 0 Å². The quantitative estimate of drug-likeness (QED) is 0.204. The number of benzene rings is 7. The van der Waals surface area contributed by atoms with Gasteiger partial charge in [0.05, 0.1) is 0 Å². The molecule has 0 N–H and O–H groups in total. The molecule has 0 aliphatic rings. The Labute approximate surface area is 264 Å². The Bertz CT molecular complexity index is 2480. The van der Waals surface area contributed by atoms with Crippen LogP contribution in [0.4, 0.5) is 0 Å². The first-order chi connectivity index (χ1) is 22.3. The summed E-state index contributed by atoms with van der Waals surface area (Å²) in [4.78, 5) is 15.0. The van der Waals surface area contributed by atoms with Crippen LogP contribution in [0.15, 0.2) is 152 Å². The summed E-state index contributed by atoms with van der Waals surface area (Å²) in [5.41, 5.74) is 5.32. The Morgan fingerprint density at radius 1 is 0.333 bits per heavy atom. The molecule has 0 bridgehead atoms. The van der Waals surface area contributed by atoms with Crippen LogP contribution in [0.5, 0.6) is 0 Å². The predicted octanol–water partition coefficient (Wildman–Crippen LogP) is 11.2. The van der Waals surface area contributed by atoms with E-state index in [2.05, 4.69) is 91.0 Å². The molecule has 0 amide bonds. The summed E-state index contributed by atoms with van der Waals surface area (Å²) in [6, 6.07) is 53.3. The minimum atomic E-state index is 0.661. The molecule has 0 unspecified atom stereocenters. The van der Waals surface area contributed by atoms with Crippen molar-refractivity contribution in [2.24, 2.45) is 0 Å². The molecule has 210 valence electrons. The molecule has 0 radical (unpaired) electrons. The third-order valence-corrected chi connectivity index (χ3v) is 9.67. The van der Waals surface area contributed by atoms with Crippen LogP contribution in [0.25, 0.3) is 87.0 Å². The summed E-state index contributed by atoms with van der Waals surface area (Å²) < 4.78 is 2.64. The van der Waals surface area contributed by atoms with Crippen molar-refractivity contribution in [3.63, 3.8) is 0 Å². The molecule has 9 rings (SSSR count). The van der Waals surface area contributed by atoms with Gasteiger partial charge in [-0.2, -0.15) is 0 Å². The Morgan fingerprint density at radius 2 is 0.889 bits per heavy atom. The predicted molar refractivity (Wildman–Crippen MR) is 189 cm³/mol. The second-order valence-corrected chi connectivity index (χ2v) is 12.3. The molecule has 3 nitrogen and oxygen atoms in total. The average Bonchev–Trinajstić information content (AvgIpc) is 3.48. The molecular formula is C41H25N3S. The molecule has 0 fully saturated rings. The molecular weight excluding hydrogens is 567 g/mol. The summed E-state index contributed by atoms with van der Waals surface area (Å²) in [6.45, 7) is 0. The maximum absolute atomic E-state index is 5.04. The SMILES string of the molecule is c1ccc(-c2nc(-c3ccccc3)nc(-c3ccc(-c4cccc5cc6sc7ccccc7c6cc45)c4ccccc34)n2)cc1. The van der Waals surface area contributed by atoms with E-state index < -0.39 is 0 Å². The lowest BCUT2D eigenvalue weighted by Crippen LogP contribution is -2.00. The molecule has 4 heteroatoms. The number of hydrogen-bond donors (Lipinski definition) is 0. The number of aromatic nitrogens is 3. The molecule has 0 spiro atoms. The van der Waals surface area contributed by atoms with Gasteiger partial charge in [-0.05, 0) is 56.9 Å². The topological polar surface area (TPSA) is 38.7 Å². The highest BCUT2D eigenvalue weighted by atomic mass is 32.1. The smallest absolute Gasteiger partial charge is 0.164 e. The van der Waals surface area contributed by atoms with Crippen molar-refractivity contribution in [1.82, 2.24) is 15.0 Å². The maximum atomic E-state index is 5.04. The summed E-state index contributed by atoms with van der Waals surface area (Å²) in [5.74, 6) is 1.98. The van der Waals surface area contributed by atoms with E-state index in [9.17, 15) is 0 Å². The Balaban J connectivity index is 1.27. The number of nitrogens with zero attached hydrogens (tertiary/aromatic N) is 3. The second kappa shape index (κ2) is 10.5. The van der Waals surface area contributed by atoms with Gasteiger partial charge < -0.3 is 0 Å². The lowest BCUT2D eigenvalue weighted by atomic mass is 9.91.